The summed E-state index contributed by atoms with van der Waals surface area (Å²) in [5, 5.41) is 16.5. The number of anilines is 8. The smallest absolute Gasteiger partial charge is 0.251 e. The Hall–Kier alpha value is -12.4. The third-order valence-corrected chi connectivity index (χ3v) is 21.7. The fraction of sp³-hybridized carbons (Fsp3) is 0.256. The zero-order valence-electron chi connectivity index (χ0n) is 63.0. The molecule has 0 radical (unpaired) electrons. The Kier molecular flexibility index (Phi) is 21.5. The minimum absolute atomic E-state index is 0.0270. The van der Waals surface area contributed by atoms with Crippen LogP contribution in [0.25, 0.3) is 56.4 Å². The van der Waals surface area contributed by atoms with Crippen molar-refractivity contribution < 1.29 is 9.59 Å². The van der Waals surface area contributed by atoms with Crippen LogP contribution in [-0.4, -0.2) is 129 Å². The van der Waals surface area contributed by atoms with Crippen LogP contribution in [0.15, 0.2) is 250 Å². The quantitative estimate of drug-likeness (QED) is 0.0457. The largest absolute Gasteiger partial charge is 0.369 e. The highest BCUT2D eigenvalue weighted by Gasteiger charge is 2.29. The van der Waals surface area contributed by atoms with Crippen LogP contribution >= 0.6 is 0 Å². The summed E-state index contributed by atoms with van der Waals surface area (Å²) in [6, 6.07) is 64.9. The lowest BCUT2D eigenvalue weighted by Gasteiger charge is -2.43. The number of aromatic nitrogens is 9. The molecule has 20 heteroatoms. The number of imidazole rings is 3. The third kappa shape index (κ3) is 16.2. The number of carbonyl (C=O) groups excluding carboxylic acids is 2. The van der Waals surface area contributed by atoms with Crippen LogP contribution in [0.1, 0.15) is 96.6 Å². The Labute approximate surface area is 642 Å². The Bertz CT molecular complexity index is 5490. The van der Waals surface area contributed by atoms with Crippen LogP contribution in [0.2, 0.25) is 0 Å². The molecule has 4 aliphatic rings. The van der Waals surface area contributed by atoms with Crippen LogP contribution in [0, 0.1) is 5.92 Å². The molecule has 5 N–H and O–H groups in total. The molecule has 1 saturated carbocycles. The molecule has 0 unspecified atom stereocenters. The predicted molar refractivity (Wildman–Crippen MR) is 443 cm³/mol. The van der Waals surface area contributed by atoms with Gasteiger partial charge in [-0.1, -0.05) is 52.3 Å². The number of rotatable bonds is 21. The van der Waals surface area contributed by atoms with E-state index in [2.05, 4.69) is 217 Å². The summed E-state index contributed by atoms with van der Waals surface area (Å²) in [6.07, 6.45) is 26.5. The number of hydrogen-bond donors (Lipinski definition) is 5. The lowest BCUT2D eigenvalue weighted by atomic mass is 9.91. The molecule has 5 aromatic carbocycles. The second kappa shape index (κ2) is 33.0. The summed E-state index contributed by atoms with van der Waals surface area (Å²) in [6.45, 7) is 20.2. The summed E-state index contributed by atoms with van der Waals surface area (Å²) in [4.78, 5) is 57.8. The number of carbonyl (C=O) groups is 2. The minimum atomic E-state index is -0.130. The van der Waals surface area contributed by atoms with Gasteiger partial charge < -0.3 is 41.0 Å². The Morgan fingerprint density at radius 3 is 1.48 bits per heavy atom. The number of aryl methyl sites for hydroxylation is 2. The SMILES string of the molecule is CCc1cc(-c2ccc(Nc3ccc(N4CCN(C5CCC5)CC4)cc3)c3nccn23)ccn1.CCc1cc(-c2ccc(Nc3ccc(N4CCN(CCC(C)C)CC4)cc3)c3nccn23)ccn1.O=C(NCc1cccc(-n2cccc2)c1)c1ccc(Nc2ccc(-c3ccc4c(c3)CNC4=O)n3ccnc23)cc1. The predicted octanol–water partition coefficient (Wildman–Crippen LogP) is 17.0. The maximum Gasteiger partial charge on any atom is 0.251 e. The van der Waals surface area contributed by atoms with E-state index in [1.165, 1.54) is 56.7 Å². The van der Waals surface area contributed by atoms with E-state index in [9.17, 15) is 9.59 Å². The van der Waals surface area contributed by atoms with Gasteiger partial charge in [0.15, 0.2) is 16.9 Å². The first-order valence-corrected chi connectivity index (χ1v) is 38.8. The summed E-state index contributed by atoms with van der Waals surface area (Å²) >= 11 is 0. The first kappa shape index (κ1) is 71.8. The Balaban J connectivity index is 0.000000126. The molecule has 12 heterocycles. The molecule has 14 aromatic rings. The molecule has 0 spiro atoms. The zero-order chi connectivity index (χ0) is 74.9. The molecule has 1 aliphatic carbocycles. The minimum Gasteiger partial charge on any atom is -0.369 e. The average Bonchev–Trinajstić information content (AvgIpc) is 1.57. The van der Waals surface area contributed by atoms with E-state index < -0.39 is 0 Å². The van der Waals surface area contributed by atoms with Crippen LogP contribution in [0.3, 0.4) is 0 Å². The molecule has 2 saturated heterocycles. The normalized spacial score (nSPS) is 14.5. The lowest BCUT2D eigenvalue weighted by Crippen LogP contribution is -2.52. The van der Waals surface area contributed by atoms with Crippen molar-refractivity contribution in [1.29, 1.82) is 0 Å². The highest BCUT2D eigenvalue weighted by Crippen LogP contribution is 2.35. The van der Waals surface area contributed by atoms with E-state index in [0.29, 0.717) is 18.7 Å². The molecule has 3 fully saturated rings. The van der Waals surface area contributed by atoms with Crippen LogP contribution < -0.4 is 36.4 Å². The molecule has 20 nitrogen and oxygen atoms in total. The Morgan fingerprint density at radius 1 is 0.491 bits per heavy atom. The number of fused-ring (bicyclic) bond motifs is 4. The van der Waals surface area contributed by atoms with Crippen molar-refractivity contribution in [3.05, 3.63) is 284 Å². The van der Waals surface area contributed by atoms with Crippen molar-refractivity contribution >= 4 is 74.3 Å². The first-order valence-electron chi connectivity index (χ1n) is 38.8. The van der Waals surface area contributed by atoms with Gasteiger partial charge in [-0.2, -0.15) is 0 Å². The van der Waals surface area contributed by atoms with Crippen molar-refractivity contribution in [3.8, 4) is 39.5 Å². The van der Waals surface area contributed by atoms with Gasteiger partial charge in [-0.3, -0.25) is 42.6 Å². The molecule has 110 heavy (non-hydrogen) atoms. The molecule has 3 aliphatic heterocycles. The van der Waals surface area contributed by atoms with E-state index in [-0.39, 0.29) is 11.8 Å². The standard InChI is InChI=1S/C33H26N6O2.C29H36N6.C28H32N6/c40-32(35-20-22-4-3-5-27(18-22)38-15-1-2-16-38)23-6-9-26(10-7-23)37-29-12-13-30(39-17-14-34-31(29)39)24-8-11-28-25(19-24)21-36-33(28)41;1-4-24-21-23(11-13-30-24)28-10-9-27(29-31-14-16-35(28)29)32-25-5-7-26(8-6-25)34-19-17-33(18-20-34)15-12-22(2)3;1-2-22-20-21(12-13-29-22)27-11-10-26(28-30-14-15-34(27)28)31-23-6-8-25(9-7-23)33-18-16-32(17-19-33)24-4-3-5-24/h1-19,37H,20-21H2,(H,35,40)(H,36,41);5-11,13-14,16,21-22,32H,4,12,15,17-20H2,1-3H3;6-15,20,24,31H,2-5,16-19H2,1H3. The fourth-order valence-electron chi connectivity index (χ4n) is 15.2. The van der Waals surface area contributed by atoms with Gasteiger partial charge in [0.25, 0.3) is 11.8 Å². The summed E-state index contributed by atoms with van der Waals surface area (Å²) in [5.41, 5.74) is 24.2. The molecule has 0 atom stereocenters. The number of nitrogens with zero attached hydrogens (tertiary/aromatic N) is 13. The van der Waals surface area contributed by atoms with Crippen LogP contribution in [-0.2, 0) is 25.9 Å². The highest BCUT2D eigenvalue weighted by atomic mass is 16.2. The van der Waals surface area contributed by atoms with E-state index in [4.69, 9.17) is 0 Å². The molecular formula is C90H94N18O2. The number of benzene rings is 5. The van der Waals surface area contributed by atoms with Gasteiger partial charge in [0.05, 0.1) is 34.1 Å². The van der Waals surface area contributed by atoms with Crippen LogP contribution in [0.4, 0.5) is 45.5 Å². The van der Waals surface area contributed by atoms with E-state index in [0.717, 1.165) is 183 Å². The van der Waals surface area contributed by atoms with Gasteiger partial charge in [-0.15, -0.1) is 0 Å². The van der Waals surface area contributed by atoms with Gasteiger partial charge in [0, 0.05) is 201 Å². The Morgan fingerprint density at radius 2 is 0.991 bits per heavy atom. The molecular weight excluding hydrogens is 1370 g/mol. The maximum atomic E-state index is 12.8. The van der Waals surface area contributed by atoms with Crippen molar-refractivity contribution in [2.24, 2.45) is 5.92 Å². The average molecular weight is 1460 g/mol. The highest BCUT2D eigenvalue weighted by molar-refractivity contribution is 5.99. The van der Waals surface area contributed by atoms with Crippen molar-refractivity contribution in [2.75, 3.05) is 84.7 Å². The van der Waals surface area contributed by atoms with Crippen molar-refractivity contribution in [2.45, 2.75) is 85.4 Å². The zero-order valence-corrected chi connectivity index (χ0v) is 63.0. The van der Waals surface area contributed by atoms with E-state index >= 15 is 0 Å². The van der Waals surface area contributed by atoms with Crippen LogP contribution in [0.5, 0.6) is 0 Å². The monoisotopic (exact) mass is 1460 g/mol. The maximum absolute atomic E-state index is 12.8. The fourth-order valence-corrected chi connectivity index (χ4v) is 15.2. The summed E-state index contributed by atoms with van der Waals surface area (Å²) in [7, 11) is 0. The van der Waals surface area contributed by atoms with E-state index in [1.54, 1.807) is 6.20 Å². The van der Waals surface area contributed by atoms with Gasteiger partial charge in [0.1, 0.15) is 0 Å². The molecule has 2 amide bonds. The number of pyridine rings is 5. The van der Waals surface area contributed by atoms with Crippen molar-refractivity contribution in [1.82, 2.24) is 63.1 Å². The third-order valence-electron chi connectivity index (χ3n) is 21.7. The summed E-state index contributed by atoms with van der Waals surface area (Å²) in [5.74, 6) is 0.618. The lowest BCUT2D eigenvalue weighted by molar-refractivity contribution is 0.0947. The molecule has 556 valence electrons. The van der Waals surface area contributed by atoms with Gasteiger partial charge >= 0.3 is 0 Å². The second-order valence-corrected chi connectivity index (χ2v) is 29.2. The topological polar surface area (TPSA) is 190 Å². The number of nitrogens with one attached hydrogen (secondary N) is 5. The number of hydrogen-bond acceptors (Lipinski definition) is 14. The molecule has 9 aromatic heterocycles. The molecule has 18 rings (SSSR count). The van der Waals surface area contributed by atoms with E-state index in [1.807, 2.05) is 144 Å². The number of piperazine rings is 2. The first-order chi connectivity index (χ1) is 54.0. The second-order valence-electron chi connectivity index (χ2n) is 29.2. The summed E-state index contributed by atoms with van der Waals surface area (Å²) < 4.78 is 8.36. The number of amides is 2. The van der Waals surface area contributed by atoms with Gasteiger partial charge in [-0.05, 0) is 231 Å². The van der Waals surface area contributed by atoms with Gasteiger partial charge in [0.2, 0.25) is 0 Å². The molecule has 0 bridgehead atoms. The van der Waals surface area contributed by atoms with Crippen molar-refractivity contribution in [3.63, 3.8) is 0 Å². The van der Waals surface area contributed by atoms with Gasteiger partial charge in [-0.25, -0.2) is 15.0 Å².